The predicted octanol–water partition coefficient (Wildman–Crippen LogP) is 17.7. The molecule has 0 atom stereocenters. The third kappa shape index (κ3) is 6.15. The first kappa shape index (κ1) is 36.1. The minimum Gasteiger partial charge on any atom is -0.310 e. The van der Waals surface area contributed by atoms with Gasteiger partial charge in [0.15, 0.2) is 0 Å². The molecule has 0 saturated carbocycles. The summed E-state index contributed by atoms with van der Waals surface area (Å²) in [5.41, 5.74) is 13.1. The van der Waals surface area contributed by atoms with Crippen molar-refractivity contribution in [3.05, 3.63) is 237 Å². The highest BCUT2D eigenvalue weighted by molar-refractivity contribution is 7.26. The zero-order chi connectivity index (χ0) is 41.0. The summed E-state index contributed by atoms with van der Waals surface area (Å²) in [6, 6.07) is 86.8. The van der Waals surface area contributed by atoms with Crippen molar-refractivity contribution in [1.82, 2.24) is 0 Å². The largest absolute Gasteiger partial charge is 0.310 e. The van der Waals surface area contributed by atoms with Crippen LogP contribution >= 0.6 is 11.3 Å². The molecule has 11 aromatic carbocycles. The van der Waals surface area contributed by atoms with Crippen LogP contribution in [0.3, 0.4) is 0 Å². The molecule has 0 aliphatic heterocycles. The van der Waals surface area contributed by atoms with Crippen molar-refractivity contribution in [2.75, 3.05) is 4.90 Å². The quantitative estimate of drug-likeness (QED) is 0.145. The maximum atomic E-state index is 2.45. The van der Waals surface area contributed by atoms with Crippen LogP contribution in [0.2, 0.25) is 0 Å². The molecule has 2 heteroatoms. The molecule has 12 aromatic rings. The van der Waals surface area contributed by atoms with Gasteiger partial charge in [0, 0.05) is 37.2 Å². The van der Waals surface area contributed by atoms with Crippen LogP contribution in [-0.4, -0.2) is 0 Å². The lowest BCUT2D eigenvalue weighted by molar-refractivity contribution is 1.29. The zero-order valence-electron chi connectivity index (χ0n) is 33.9. The van der Waals surface area contributed by atoms with E-state index in [0.717, 1.165) is 17.1 Å². The molecule has 0 fully saturated rings. The first-order valence-corrected chi connectivity index (χ1v) is 22.1. The monoisotopic (exact) mass is 805 g/mol. The van der Waals surface area contributed by atoms with Gasteiger partial charge in [0.25, 0.3) is 0 Å². The summed E-state index contributed by atoms with van der Waals surface area (Å²) in [4.78, 5) is 2.45. The number of benzene rings is 11. The molecule has 0 amide bonds. The second-order valence-corrected chi connectivity index (χ2v) is 17.1. The number of hydrogen-bond acceptors (Lipinski definition) is 2. The van der Waals surface area contributed by atoms with Gasteiger partial charge in [0.2, 0.25) is 0 Å². The van der Waals surface area contributed by atoms with Crippen LogP contribution in [-0.2, 0) is 0 Å². The number of anilines is 3. The van der Waals surface area contributed by atoms with Gasteiger partial charge in [0.05, 0.1) is 0 Å². The Labute approximate surface area is 365 Å². The Morgan fingerprint density at radius 1 is 0.274 bits per heavy atom. The highest BCUT2D eigenvalue weighted by Gasteiger charge is 2.21. The molecule has 290 valence electrons. The number of thiophene rings is 1. The Bertz CT molecular complexity index is 3630. The summed E-state index contributed by atoms with van der Waals surface area (Å²) in [6.45, 7) is 0. The third-order valence-electron chi connectivity index (χ3n) is 12.4. The van der Waals surface area contributed by atoms with E-state index in [4.69, 9.17) is 0 Å². The zero-order valence-corrected chi connectivity index (χ0v) is 34.7. The first-order valence-electron chi connectivity index (χ1n) is 21.2. The summed E-state index contributed by atoms with van der Waals surface area (Å²) in [5.74, 6) is 0. The maximum Gasteiger partial charge on any atom is 0.0468 e. The minimum atomic E-state index is 1.10. The second kappa shape index (κ2) is 15.0. The van der Waals surface area contributed by atoms with Crippen LogP contribution in [0.4, 0.5) is 17.1 Å². The molecule has 0 spiro atoms. The van der Waals surface area contributed by atoms with E-state index in [-0.39, 0.29) is 0 Å². The van der Waals surface area contributed by atoms with Crippen molar-refractivity contribution in [1.29, 1.82) is 0 Å². The van der Waals surface area contributed by atoms with Crippen LogP contribution in [0.25, 0.3) is 97.0 Å². The molecule has 1 heterocycles. The van der Waals surface area contributed by atoms with Crippen LogP contribution in [0.1, 0.15) is 0 Å². The molecule has 0 aliphatic rings. The van der Waals surface area contributed by atoms with Crippen LogP contribution in [0, 0.1) is 0 Å². The van der Waals surface area contributed by atoms with E-state index in [1.54, 1.807) is 0 Å². The van der Waals surface area contributed by atoms with E-state index in [1.165, 1.54) is 97.0 Å². The van der Waals surface area contributed by atoms with E-state index < -0.39 is 0 Å². The second-order valence-electron chi connectivity index (χ2n) is 16.0. The standard InChI is InChI=1S/C60H39NS/c1-4-16-40(17-5-1)43-30-31-45-37-48(33-32-44(45)36-43)61(47-23-14-22-46(38-47)50-27-15-28-55-53-25-12-13-29-57(53)62-60(50)55)49-34-35-52-51-24-10-11-26-54(51)58(41-18-6-2-7-19-41)59(56(52)39-49)42-20-8-3-9-21-42/h1-39H. The van der Waals surface area contributed by atoms with Crippen LogP contribution < -0.4 is 4.90 Å². The van der Waals surface area contributed by atoms with Gasteiger partial charge in [-0.25, -0.2) is 0 Å². The van der Waals surface area contributed by atoms with E-state index >= 15 is 0 Å². The fraction of sp³-hybridized carbons (Fsp3) is 0. The van der Waals surface area contributed by atoms with E-state index in [9.17, 15) is 0 Å². The average Bonchev–Trinajstić information content (AvgIpc) is 3.73. The normalized spacial score (nSPS) is 11.5. The molecule has 12 rings (SSSR count). The Morgan fingerprint density at radius 2 is 0.806 bits per heavy atom. The van der Waals surface area contributed by atoms with Crippen molar-refractivity contribution in [2.24, 2.45) is 0 Å². The van der Waals surface area contributed by atoms with Gasteiger partial charge in [-0.3, -0.25) is 0 Å². The number of rotatable bonds is 7. The molecule has 1 aromatic heterocycles. The van der Waals surface area contributed by atoms with Gasteiger partial charge in [-0.15, -0.1) is 11.3 Å². The number of nitrogens with zero attached hydrogens (tertiary/aromatic N) is 1. The maximum absolute atomic E-state index is 2.45. The lowest BCUT2D eigenvalue weighted by atomic mass is 9.85. The highest BCUT2D eigenvalue weighted by Crippen LogP contribution is 2.48. The Hall–Kier alpha value is -7.78. The fourth-order valence-corrected chi connectivity index (χ4v) is 10.8. The molecule has 0 radical (unpaired) electrons. The Kier molecular flexibility index (Phi) is 8.76. The van der Waals surface area contributed by atoms with Crippen LogP contribution in [0.5, 0.6) is 0 Å². The van der Waals surface area contributed by atoms with Crippen LogP contribution in [0.15, 0.2) is 237 Å². The highest BCUT2D eigenvalue weighted by atomic mass is 32.1. The minimum absolute atomic E-state index is 1.10. The molecule has 0 N–H and O–H groups in total. The summed E-state index contributed by atoms with van der Waals surface area (Å²) < 4.78 is 2.63. The molecule has 62 heavy (non-hydrogen) atoms. The molecule has 0 aliphatic carbocycles. The summed E-state index contributed by atoms with van der Waals surface area (Å²) in [5, 5.41) is 9.98. The van der Waals surface area contributed by atoms with Gasteiger partial charge in [-0.1, -0.05) is 188 Å². The van der Waals surface area contributed by atoms with Crippen molar-refractivity contribution in [2.45, 2.75) is 0 Å². The number of hydrogen-bond donors (Lipinski definition) is 0. The van der Waals surface area contributed by atoms with E-state index in [1.807, 2.05) is 11.3 Å². The van der Waals surface area contributed by atoms with Crippen molar-refractivity contribution in [3.63, 3.8) is 0 Å². The Balaban J connectivity index is 1.11. The SMILES string of the molecule is c1ccc(-c2ccc3cc(N(c4cccc(-c5cccc6c5sc5ccccc56)c4)c4ccc5c(c4)c(-c4ccccc4)c(-c4ccccc4)c4ccccc45)ccc3c2)cc1. The topological polar surface area (TPSA) is 3.24 Å². The summed E-state index contributed by atoms with van der Waals surface area (Å²) >= 11 is 1.88. The third-order valence-corrected chi connectivity index (χ3v) is 13.6. The lowest BCUT2D eigenvalue weighted by Crippen LogP contribution is -2.10. The molecule has 0 unspecified atom stereocenters. The first-order chi connectivity index (χ1) is 30.7. The average molecular weight is 806 g/mol. The number of fused-ring (bicyclic) bond motifs is 7. The van der Waals surface area contributed by atoms with E-state index in [0.29, 0.717) is 0 Å². The van der Waals surface area contributed by atoms with Gasteiger partial charge in [-0.2, -0.15) is 0 Å². The predicted molar refractivity (Wildman–Crippen MR) is 268 cm³/mol. The van der Waals surface area contributed by atoms with Gasteiger partial charge in [-0.05, 0) is 125 Å². The van der Waals surface area contributed by atoms with Gasteiger partial charge in [0.1, 0.15) is 0 Å². The Morgan fingerprint density at radius 3 is 1.58 bits per heavy atom. The fourth-order valence-electron chi connectivity index (χ4n) is 9.54. The van der Waals surface area contributed by atoms with Crippen molar-refractivity contribution < 1.29 is 0 Å². The molecule has 1 nitrogen and oxygen atoms in total. The van der Waals surface area contributed by atoms with E-state index in [2.05, 4.69) is 241 Å². The molecule has 0 saturated heterocycles. The van der Waals surface area contributed by atoms with Crippen molar-refractivity contribution >= 4 is 80.9 Å². The van der Waals surface area contributed by atoms with Crippen molar-refractivity contribution in [3.8, 4) is 44.5 Å². The van der Waals surface area contributed by atoms with Gasteiger partial charge < -0.3 is 4.90 Å². The lowest BCUT2D eigenvalue weighted by Gasteiger charge is -2.28. The summed E-state index contributed by atoms with van der Waals surface area (Å²) in [7, 11) is 0. The van der Waals surface area contributed by atoms with Gasteiger partial charge >= 0.3 is 0 Å². The molecular formula is C60H39NS. The molecular weight excluding hydrogens is 767 g/mol. The molecule has 0 bridgehead atoms. The summed E-state index contributed by atoms with van der Waals surface area (Å²) in [6.07, 6.45) is 0. The smallest absolute Gasteiger partial charge is 0.0468 e.